The zero-order valence-electron chi connectivity index (χ0n) is 27.7. The molecule has 254 valence electrons. The first-order valence-electron chi connectivity index (χ1n) is 16.9. The number of imide groups is 1. The number of ether oxygens (including phenoxy) is 2. The van der Waals surface area contributed by atoms with Crippen molar-refractivity contribution in [3.63, 3.8) is 0 Å². The van der Waals surface area contributed by atoms with Gasteiger partial charge in [-0.25, -0.2) is 0 Å². The number of phenols is 1. The smallest absolute Gasteiger partial charge is 0.244 e. The van der Waals surface area contributed by atoms with Crippen molar-refractivity contribution in [1.82, 2.24) is 10.2 Å². The van der Waals surface area contributed by atoms with Gasteiger partial charge in [0.05, 0.1) is 12.6 Å². The molecule has 6 rings (SSSR count). The molecule has 49 heavy (non-hydrogen) atoms. The molecule has 1 fully saturated rings. The lowest BCUT2D eigenvalue weighted by atomic mass is 9.88. The molecule has 4 aromatic rings. The molecule has 1 saturated heterocycles. The Morgan fingerprint density at radius 3 is 2.35 bits per heavy atom. The maximum absolute atomic E-state index is 12.3. The summed E-state index contributed by atoms with van der Waals surface area (Å²) in [5.74, 6) is 0.406. The molecular weight excluding hydrogens is 618 g/mol. The van der Waals surface area contributed by atoms with Crippen LogP contribution in [0.25, 0.3) is 11.1 Å². The van der Waals surface area contributed by atoms with E-state index >= 15 is 0 Å². The van der Waals surface area contributed by atoms with Gasteiger partial charge in [-0.05, 0) is 89.1 Å². The molecule has 2 heterocycles. The number of hydrogen-bond acceptors (Lipinski definition) is 8. The second-order valence-electron chi connectivity index (χ2n) is 12.3. The second-order valence-corrected chi connectivity index (χ2v) is 12.3. The number of benzene rings is 4. The number of allylic oxidation sites excluding steroid dienone is 1. The predicted octanol–water partition coefficient (Wildman–Crippen LogP) is 6.27. The van der Waals surface area contributed by atoms with Gasteiger partial charge < -0.3 is 25.0 Å². The Balaban J connectivity index is 0.949. The number of piperidine rings is 1. The number of phenolic OH excluding ortho intramolecular Hbond substituents is 1. The fourth-order valence-electron chi connectivity index (χ4n) is 6.60. The third-order valence-corrected chi connectivity index (χ3v) is 9.07. The van der Waals surface area contributed by atoms with Crippen molar-refractivity contribution in [1.29, 1.82) is 0 Å². The van der Waals surface area contributed by atoms with Gasteiger partial charge in [0.15, 0.2) is 0 Å². The molecule has 0 radical (unpaired) electrons. The molecule has 2 aliphatic heterocycles. The maximum atomic E-state index is 12.3. The lowest BCUT2D eigenvalue weighted by molar-refractivity contribution is -0.141. The van der Waals surface area contributed by atoms with Crippen molar-refractivity contribution in [2.75, 3.05) is 31.7 Å². The zero-order chi connectivity index (χ0) is 34.2. The molecule has 0 bridgehead atoms. The summed E-state index contributed by atoms with van der Waals surface area (Å²) in [6.07, 6.45) is 1.49. The summed E-state index contributed by atoms with van der Waals surface area (Å²) in [4.78, 5) is 25.6. The average molecular weight is 662 g/mol. The van der Waals surface area contributed by atoms with Crippen LogP contribution in [0.2, 0.25) is 0 Å². The van der Waals surface area contributed by atoms with Crippen LogP contribution >= 0.6 is 0 Å². The molecule has 0 saturated carbocycles. The quantitative estimate of drug-likeness (QED) is 0.0710. The highest BCUT2D eigenvalue weighted by Gasteiger charge is 2.39. The summed E-state index contributed by atoms with van der Waals surface area (Å²) in [5, 5.41) is 26.5. The number of aromatic hydroxyl groups is 1. The van der Waals surface area contributed by atoms with Crippen LogP contribution in [0.4, 0.5) is 5.69 Å². The maximum Gasteiger partial charge on any atom is 0.244 e. The van der Waals surface area contributed by atoms with Gasteiger partial charge in [-0.2, -0.15) is 0 Å². The number of nitrogens with zero attached hydrogens (tertiary/aromatic N) is 1. The van der Waals surface area contributed by atoms with E-state index in [0.717, 1.165) is 58.7 Å². The minimum Gasteiger partial charge on any atom is -0.508 e. The zero-order valence-corrected chi connectivity index (χ0v) is 27.7. The monoisotopic (exact) mass is 661 g/mol. The summed E-state index contributed by atoms with van der Waals surface area (Å²) >= 11 is 0. The first-order valence-corrected chi connectivity index (χ1v) is 16.9. The second kappa shape index (κ2) is 16.0. The van der Waals surface area contributed by atoms with Crippen molar-refractivity contribution >= 4 is 28.6 Å². The molecular formula is C40H43N3O6. The Hall–Kier alpha value is -4.96. The van der Waals surface area contributed by atoms with Crippen molar-refractivity contribution < 1.29 is 29.3 Å². The predicted molar refractivity (Wildman–Crippen MR) is 190 cm³/mol. The Morgan fingerprint density at radius 1 is 0.898 bits per heavy atom. The van der Waals surface area contributed by atoms with E-state index in [2.05, 4.69) is 54.0 Å². The lowest BCUT2D eigenvalue weighted by Gasteiger charge is -2.31. The number of aliphatic hydroxyl groups is 1. The van der Waals surface area contributed by atoms with E-state index in [4.69, 9.17) is 9.47 Å². The normalized spacial score (nSPS) is 18.1. The summed E-state index contributed by atoms with van der Waals surface area (Å²) in [7, 11) is 0. The Bertz CT molecular complexity index is 1770. The number of fused-ring (bicyclic) bond motifs is 1. The van der Waals surface area contributed by atoms with Gasteiger partial charge in [0.2, 0.25) is 11.8 Å². The Morgan fingerprint density at radius 2 is 1.63 bits per heavy atom. The van der Waals surface area contributed by atoms with E-state index < -0.39 is 12.3 Å². The van der Waals surface area contributed by atoms with E-state index in [1.807, 2.05) is 48.5 Å². The van der Waals surface area contributed by atoms with E-state index in [-0.39, 0.29) is 24.0 Å². The van der Waals surface area contributed by atoms with E-state index in [9.17, 15) is 19.8 Å². The van der Waals surface area contributed by atoms with Crippen LogP contribution in [0.3, 0.4) is 0 Å². The van der Waals surface area contributed by atoms with Gasteiger partial charge in [-0.1, -0.05) is 67.6 Å². The molecule has 2 atom stereocenters. The SMILES string of the molecule is CC/C(=C(\c1ccc(O)cc1)c1ccc(OCCOCCCNc2ccc3c(c2)CN(C2CCC(=O)NC2=O)C3O)cc1)c1ccccc1. The van der Waals surface area contributed by atoms with E-state index in [1.54, 1.807) is 17.0 Å². The summed E-state index contributed by atoms with van der Waals surface area (Å²) < 4.78 is 11.8. The highest BCUT2D eigenvalue weighted by molar-refractivity contribution is 6.00. The number of anilines is 1. The molecule has 0 aliphatic carbocycles. The average Bonchev–Trinajstić information content (AvgIpc) is 3.44. The van der Waals surface area contributed by atoms with Crippen LogP contribution < -0.4 is 15.4 Å². The minimum atomic E-state index is -0.866. The van der Waals surface area contributed by atoms with E-state index in [1.165, 1.54) is 11.1 Å². The Kier molecular flexibility index (Phi) is 11.0. The van der Waals surface area contributed by atoms with Crippen LogP contribution in [0, 0.1) is 0 Å². The van der Waals surface area contributed by atoms with Crippen LogP contribution in [0.1, 0.15) is 66.7 Å². The standard InChI is InChI=1S/C40H43N3O6/c1-2-34(27-7-4-3-5-8-27)38(28-9-14-32(44)15-10-28)29-11-16-33(17-12-29)49-24-23-48-22-6-21-41-31-13-18-35-30(25-31)26-43(40(35)47)36-19-20-37(45)42-39(36)46/h3-5,7-18,25,36,40-41,44,47H,2,6,19-24,26H2,1H3,(H,42,45,46)/b38-34-. The highest BCUT2D eigenvalue weighted by atomic mass is 16.5. The number of carbonyl (C=O) groups excluding carboxylic acids is 2. The molecule has 9 heteroatoms. The number of hydrogen-bond donors (Lipinski definition) is 4. The third-order valence-electron chi connectivity index (χ3n) is 9.07. The van der Waals surface area contributed by atoms with Gasteiger partial charge in [0, 0.05) is 37.4 Å². The van der Waals surface area contributed by atoms with Gasteiger partial charge in [0.1, 0.15) is 24.3 Å². The lowest BCUT2D eigenvalue weighted by Crippen LogP contribution is -2.51. The van der Waals surface area contributed by atoms with Gasteiger partial charge in [0.25, 0.3) is 0 Å². The van der Waals surface area contributed by atoms with Crippen molar-refractivity contribution in [3.8, 4) is 11.5 Å². The minimum absolute atomic E-state index is 0.241. The number of aliphatic hydroxyl groups excluding tert-OH is 1. The molecule has 0 aromatic heterocycles. The molecule has 0 spiro atoms. The summed E-state index contributed by atoms with van der Waals surface area (Å²) in [6.45, 7) is 4.83. The molecule has 4 N–H and O–H groups in total. The first kappa shape index (κ1) is 33.9. The molecule has 2 unspecified atom stereocenters. The summed E-state index contributed by atoms with van der Waals surface area (Å²) in [6, 6.07) is 31.2. The largest absolute Gasteiger partial charge is 0.508 e. The number of rotatable bonds is 14. The third kappa shape index (κ3) is 8.20. The van der Waals surface area contributed by atoms with Crippen molar-refractivity contribution in [3.05, 3.63) is 125 Å². The molecule has 4 aromatic carbocycles. The van der Waals surface area contributed by atoms with Crippen LogP contribution in [-0.2, 0) is 20.9 Å². The fraction of sp³-hybridized carbons (Fsp3) is 0.300. The van der Waals surface area contributed by atoms with Gasteiger partial charge in [-0.15, -0.1) is 0 Å². The first-order chi connectivity index (χ1) is 23.9. The van der Waals surface area contributed by atoms with Gasteiger partial charge >= 0.3 is 0 Å². The van der Waals surface area contributed by atoms with Gasteiger partial charge in [-0.3, -0.25) is 19.8 Å². The van der Waals surface area contributed by atoms with Crippen LogP contribution in [0.5, 0.6) is 11.5 Å². The topological polar surface area (TPSA) is 120 Å². The highest BCUT2D eigenvalue weighted by Crippen LogP contribution is 2.37. The van der Waals surface area contributed by atoms with Crippen LogP contribution in [0.15, 0.2) is 97.1 Å². The van der Waals surface area contributed by atoms with Crippen LogP contribution in [-0.4, -0.2) is 59.3 Å². The molecule has 2 aliphatic rings. The fourth-order valence-corrected chi connectivity index (χ4v) is 6.60. The van der Waals surface area contributed by atoms with Crippen molar-refractivity contribution in [2.45, 2.75) is 51.4 Å². The molecule has 9 nitrogen and oxygen atoms in total. The number of carbonyl (C=O) groups is 2. The molecule has 2 amide bonds. The summed E-state index contributed by atoms with van der Waals surface area (Å²) in [5.41, 5.74) is 8.36. The van der Waals surface area contributed by atoms with E-state index in [0.29, 0.717) is 32.8 Å². The Labute approximate surface area is 287 Å². The number of amides is 2. The number of nitrogens with one attached hydrogen (secondary N) is 2. The van der Waals surface area contributed by atoms with Crippen molar-refractivity contribution in [2.24, 2.45) is 0 Å².